The second-order valence-electron chi connectivity index (χ2n) is 14.5. The lowest BCUT2D eigenvalue weighted by atomic mass is 9.81. The molecule has 1 atom stereocenters. The van der Waals surface area contributed by atoms with Gasteiger partial charge in [0.25, 0.3) is 0 Å². The Balaban J connectivity index is 1.74. The van der Waals surface area contributed by atoms with Crippen LogP contribution >= 0.6 is 0 Å². The van der Waals surface area contributed by atoms with Gasteiger partial charge in [-0.25, -0.2) is 4.39 Å². The van der Waals surface area contributed by atoms with Crippen molar-refractivity contribution in [3.63, 3.8) is 0 Å². The van der Waals surface area contributed by atoms with Gasteiger partial charge in [-0.05, 0) is 92.6 Å². The smallest absolute Gasteiger partial charge is 0.318 e. The van der Waals surface area contributed by atoms with Crippen molar-refractivity contribution in [3.05, 3.63) is 58.5 Å². The van der Waals surface area contributed by atoms with Crippen LogP contribution in [0.5, 0.6) is 11.8 Å². The van der Waals surface area contributed by atoms with Crippen molar-refractivity contribution in [2.24, 2.45) is 10.4 Å². The zero-order chi connectivity index (χ0) is 35.8. The molecular weight excluding hydrogens is 627 g/mol. The molecule has 50 heavy (non-hydrogen) atoms. The monoisotopic (exact) mass is 684 g/mol. The number of hydrogen-bond acceptors (Lipinski definition) is 7. The molecule has 1 aliphatic carbocycles. The summed E-state index contributed by atoms with van der Waals surface area (Å²) in [6.45, 7) is 18.3. The maximum atomic E-state index is 15.4. The predicted molar refractivity (Wildman–Crippen MR) is 206 cm³/mol. The number of aromatic nitrogens is 2. The second-order valence-corrected chi connectivity index (χ2v) is 14.5. The number of ether oxygens (including phenoxy) is 2. The van der Waals surface area contributed by atoms with Crippen LogP contribution in [0.2, 0.25) is 0 Å². The molecule has 1 N–H and O–H groups in total. The number of nitrogens with zero attached hydrogens (tertiary/aromatic N) is 4. The van der Waals surface area contributed by atoms with Gasteiger partial charge in [0, 0.05) is 42.3 Å². The van der Waals surface area contributed by atoms with Crippen molar-refractivity contribution in [1.29, 1.82) is 0 Å². The van der Waals surface area contributed by atoms with Crippen LogP contribution < -0.4 is 9.64 Å². The van der Waals surface area contributed by atoms with Crippen LogP contribution in [-0.4, -0.2) is 59.7 Å². The van der Waals surface area contributed by atoms with E-state index in [9.17, 15) is 5.11 Å². The number of fused-ring (bicyclic) bond motifs is 2. The van der Waals surface area contributed by atoms with Gasteiger partial charge in [-0.3, -0.25) is 4.99 Å². The maximum absolute atomic E-state index is 15.4. The van der Waals surface area contributed by atoms with Crippen molar-refractivity contribution in [2.45, 2.75) is 112 Å². The van der Waals surface area contributed by atoms with E-state index in [4.69, 9.17) is 24.4 Å². The molecule has 3 aromatic rings. The summed E-state index contributed by atoms with van der Waals surface area (Å²) in [6.07, 6.45) is 13.6. The molecular formula is C42H57FN4O3. The quantitative estimate of drug-likeness (QED) is 0.170. The third-order valence-electron chi connectivity index (χ3n) is 10.0. The number of aryl methyl sites for hydroxylation is 1. The van der Waals surface area contributed by atoms with Crippen molar-refractivity contribution in [2.75, 3.05) is 37.8 Å². The third-order valence-corrected chi connectivity index (χ3v) is 10.0. The topological polar surface area (TPSA) is 80.1 Å². The number of phenolic OH excluding ortho intramolecular Hbond substituents is 1. The fourth-order valence-electron chi connectivity index (χ4n) is 7.38. The van der Waals surface area contributed by atoms with Gasteiger partial charge in [0.2, 0.25) is 0 Å². The molecule has 2 heterocycles. The number of rotatable bonds is 14. The molecule has 1 aromatic heterocycles. The Morgan fingerprint density at radius 1 is 1.06 bits per heavy atom. The van der Waals surface area contributed by atoms with E-state index in [0.717, 1.165) is 88.9 Å². The lowest BCUT2D eigenvalue weighted by Crippen LogP contribution is -2.30. The average molecular weight is 685 g/mol. The van der Waals surface area contributed by atoms with E-state index in [1.807, 2.05) is 19.9 Å². The summed E-state index contributed by atoms with van der Waals surface area (Å²) in [7, 11) is 0. The highest BCUT2D eigenvalue weighted by Gasteiger charge is 2.33. The summed E-state index contributed by atoms with van der Waals surface area (Å²) in [5.41, 5.74) is 5.49. The van der Waals surface area contributed by atoms with E-state index in [1.54, 1.807) is 18.2 Å². The number of hydrogen-bond donors (Lipinski definition) is 1. The van der Waals surface area contributed by atoms with E-state index in [1.165, 1.54) is 25.3 Å². The largest absolute Gasteiger partial charge is 0.508 e. The highest BCUT2D eigenvalue weighted by molar-refractivity contribution is 6.50. The molecule has 1 saturated heterocycles. The zero-order valence-electron chi connectivity index (χ0n) is 31.4. The van der Waals surface area contributed by atoms with Gasteiger partial charge in [-0.15, -0.1) is 0 Å². The Labute approximate surface area is 298 Å². The third kappa shape index (κ3) is 8.39. The summed E-state index contributed by atoms with van der Waals surface area (Å²) in [5.74, 6) is 0.675. The molecule has 2 aliphatic rings. The van der Waals surface area contributed by atoms with E-state index >= 15 is 4.39 Å². The minimum Gasteiger partial charge on any atom is -0.508 e. The zero-order valence-corrected chi connectivity index (χ0v) is 31.4. The fraction of sp³-hybridized carbons (Fsp3) is 0.548. The van der Waals surface area contributed by atoms with Crippen LogP contribution in [0.3, 0.4) is 0 Å². The highest BCUT2D eigenvalue weighted by Crippen LogP contribution is 2.44. The number of anilines is 1. The van der Waals surface area contributed by atoms with Gasteiger partial charge < -0.3 is 19.5 Å². The van der Waals surface area contributed by atoms with Crippen LogP contribution in [0.25, 0.3) is 28.0 Å². The number of allylic oxidation sites excluding steroid dienone is 3. The standard InChI is InChI=1S/C42H57FN4O3/c1-8-12-14-19-42(7,18-13-9-2)27-50-41-45-36-26-34(33-25-30(48)24-29-16-17-35(43)31(10-3)37(29)33)39(44-28(5)6)32(11-4)38(36)40(46-41)47-20-15-22-49-23-21-47/h11,16-17,24-26,28,48H,8-10,12-15,18-23,27H2,1-7H3/b32-11-,44-39?. The molecule has 0 radical (unpaired) electrons. The number of aromatic hydroxyl groups is 1. The van der Waals surface area contributed by atoms with Gasteiger partial charge in [0.05, 0.1) is 30.2 Å². The van der Waals surface area contributed by atoms with Crippen molar-refractivity contribution in [1.82, 2.24) is 9.97 Å². The Kier molecular flexibility index (Phi) is 12.7. The highest BCUT2D eigenvalue weighted by atomic mass is 19.1. The molecule has 270 valence electrons. The van der Waals surface area contributed by atoms with Crippen LogP contribution in [0.4, 0.5) is 10.2 Å². The Bertz CT molecular complexity index is 1740. The van der Waals surface area contributed by atoms with Crippen LogP contribution in [-0.2, 0) is 11.2 Å². The number of unbranched alkanes of at least 4 members (excludes halogenated alkanes) is 3. The minimum atomic E-state index is -0.258. The first kappa shape index (κ1) is 37.5. The SMILES string of the molecule is C/C=C1\C(=NC(C)C)C(c2cc(O)cc3ccc(F)c(CC)c23)=Cc2nc(OCC(C)(CCCC)CCCCC)nc(N3CCCOCC3)c21. The Hall–Kier alpha value is -3.78. The van der Waals surface area contributed by atoms with Crippen molar-refractivity contribution >= 4 is 39.5 Å². The van der Waals surface area contributed by atoms with Crippen LogP contribution in [0.15, 0.2) is 35.3 Å². The summed E-state index contributed by atoms with van der Waals surface area (Å²) in [5, 5.41) is 12.6. The number of aliphatic imine (C=N–C) groups is 1. The molecule has 7 nitrogen and oxygen atoms in total. The maximum Gasteiger partial charge on any atom is 0.318 e. The molecule has 8 heteroatoms. The predicted octanol–water partition coefficient (Wildman–Crippen LogP) is 10.2. The Morgan fingerprint density at radius 3 is 2.56 bits per heavy atom. The van der Waals surface area contributed by atoms with Crippen molar-refractivity contribution in [3.8, 4) is 11.8 Å². The molecule has 0 bridgehead atoms. The molecule has 1 fully saturated rings. The summed E-state index contributed by atoms with van der Waals surface area (Å²) >= 11 is 0. The van der Waals surface area contributed by atoms with Gasteiger partial charge in [-0.1, -0.05) is 71.9 Å². The lowest BCUT2D eigenvalue weighted by molar-refractivity contribution is 0.126. The van der Waals surface area contributed by atoms with E-state index in [-0.39, 0.29) is 23.0 Å². The summed E-state index contributed by atoms with van der Waals surface area (Å²) in [4.78, 5) is 17.8. The van der Waals surface area contributed by atoms with E-state index < -0.39 is 0 Å². The van der Waals surface area contributed by atoms with Gasteiger partial charge in [0.1, 0.15) is 17.4 Å². The van der Waals surface area contributed by atoms with Gasteiger partial charge in [0.15, 0.2) is 0 Å². The van der Waals surface area contributed by atoms with E-state index in [2.05, 4.69) is 45.6 Å². The molecule has 2 aromatic carbocycles. The first-order valence-corrected chi connectivity index (χ1v) is 18.9. The van der Waals surface area contributed by atoms with E-state index in [0.29, 0.717) is 44.4 Å². The number of halogens is 1. The molecule has 0 spiro atoms. The average Bonchev–Trinajstić information content (AvgIpc) is 3.39. The molecule has 0 amide bonds. The van der Waals surface area contributed by atoms with Crippen LogP contribution in [0.1, 0.15) is 122 Å². The van der Waals surface area contributed by atoms with Crippen LogP contribution in [0, 0.1) is 11.2 Å². The molecule has 5 rings (SSSR count). The van der Waals surface area contributed by atoms with Crippen molar-refractivity contribution < 1.29 is 19.0 Å². The molecule has 0 saturated carbocycles. The second kappa shape index (κ2) is 17.0. The number of benzene rings is 2. The fourth-order valence-corrected chi connectivity index (χ4v) is 7.38. The number of phenols is 1. The summed E-state index contributed by atoms with van der Waals surface area (Å²) < 4.78 is 27.9. The first-order valence-electron chi connectivity index (χ1n) is 18.9. The Morgan fingerprint density at radius 2 is 1.84 bits per heavy atom. The van der Waals surface area contributed by atoms with Gasteiger partial charge in [-0.2, -0.15) is 9.97 Å². The molecule has 1 aliphatic heterocycles. The molecule has 1 unspecified atom stereocenters. The van der Waals surface area contributed by atoms with Gasteiger partial charge >= 0.3 is 6.01 Å². The summed E-state index contributed by atoms with van der Waals surface area (Å²) in [6, 6.07) is 7.00. The first-order chi connectivity index (χ1) is 24.1. The minimum absolute atomic E-state index is 0.0226. The lowest BCUT2D eigenvalue weighted by Gasteiger charge is -2.31. The normalized spacial score (nSPS) is 18.0.